The maximum atomic E-state index is 13.9. The molecule has 7 rings (SSSR count). The molecule has 1 aliphatic carbocycles. The molecule has 256 valence electrons. The molecule has 9 nitrogen and oxygen atoms in total. The van der Waals surface area contributed by atoms with E-state index in [0.717, 1.165) is 28.4 Å². The number of amides is 3. The van der Waals surface area contributed by atoms with Crippen LogP contribution in [0.15, 0.2) is 108 Å². The molecule has 2 heterocycles. The monoisotopic (exact) mass is 689 g/mol. The first-order valence-corrected chi connectivity index (χ1v) is 18.9. The van der Waals surface area contributed by atoms with Crippen molar-refractivity contribution in [3.63, 3.8) is 0 Å². The quantitative estimate of drug-likeness (QED) is 0.207. The van der Waals surface area contributed by atoms with E-state index in [1.54, 1.807) is 12.1 Å². The second-order valence-corrected chi connectivity index (χ2v) is 18.7. The average Bonchev–Trinajstić information content (AvgIpc) is 3.37. The predicted molar refractivity (Wildman–Crippen MR) is 192 cm³/mol. The van der Waals surface area contributed by atoms with Crippen molar-refractivity contribution >= 4 is 54.5 Å². The molecule has 0 spiro atoms. The zero-order valence-corrected chi connectivity index (χ0v) is 29.5. The van der Waals surface area contributed by atoms with Gasteiger partial charge in [-0.25, -0.2) is 4.79 Å². The lowest BCUT2D eigenvalue weighted by Crippen LogP contribution is -2.66. The van der Waals surface area contributed by atoms with Gasteiger partial charge in [-0.3, -0.25) is 9.59 Å². The first-order valence-electron chi connectivity index (χ1n) is 16.9. The van der Waals surface area contributed by atoms with Gasteiger partial charge in [0.15, 0.2) is 0 Å². The van der Waals surface area contributed by atoms with E-state index in [1.165, 1.54) is 0 Å². The molecule has 2 fully saturated rings. The Labute approximate surface area is 292 Å². The molecule has 2 N–H and O–H groups in total. The van der Waals surface area contributed by atoms with Gasteiger partial charge in [-0.2, -0.15) is 4.90 Å². The van der Waals surface area contributed by atoms with Crippen LogP contribution in [-0.2, 0) is 23.4 Å². The molecule has 0 radical (unpaired) electrons. The maximum absolute atomic E-state index is 13.9. The second kappa shape index (κ2) is 13.0. The predicted octanol–water partition coefficient (Wildman–Crippen LogP) is 5.29. The van der Waals surface area contributed by atoms with Crippen molar-refractivity contribution in [1.29, 1.82) is 0 Å². The highest BCUT2D eigenvalue weighted by Crippen LogP contribution is 2.52. The van der Waals surface area contributed by atoms with Crippen molar-refractivity contribution in [3.05, 3.63) is 114 Å². The highest BCUT2D eigenvalue weighted by molar-refractivity contribution is 6.99. The minimum absolute atomic E-state index is 0.0925. The summed E-state index contributed by atoms with van der Waals surface area (Å²) < 4.78 is 18.5. The average molecular weight is 690 g/mol. The molecule has 0 bridgehead atoms. The van der Waals surface area contributed by atoms with E-state index < -0.39 is 57.2 Å². The number of carbonyl (C=O) groups is 3. The van der Waals surface area contributed by atoms with Gasteiger partial charge in [0, 0.05) is 5.39 Å². The summed E-state index contributed by atoms with van der Waals surface area (Å²) in [6, 6.07) is 31.1. The highest BCUT2D eigenvalue weighted by atomic mass is 28.4. The number of phenols is 1. The van der Waals surface area contributed by atoms with E-state index in [2.05, 4.69) is 45.0 Å². The number of nitrogens with zero attached hydrogens (tertiary/aromatic N) is 1. The van der Waals surface area contributed by atoms with Crippen LogP contribution in [0, 0.1) is 17.8 Å². The molecule has 50 heavy (non-hydrogen) atoms. The number of aromatic hydroxyl groups is 1. The van der Waals surface area contributed by atoms with Crippen molar-refractivity contribution in [2.24, 2.45) is 17.8 Å². The number of phenolic OH excluding ortho intramolecular Hbond substituents is 1. The largest absolute Gasteiger partial charge is 0.507 e. The Balaban J connectivity index is 1.34. The molecular weight excluding hydrogens is 649 g/mol. The number of hydrogen-bond donors (Lipinski definition) is 2. The number of imide groups is 3. The van der Waals surface area contributed by atoms with Crippen LogP contribution < -0.4 is 10.4 Å². The van der Waals surface area contributed by atoms with E-state index in [1.807, 2.05) is 60.7 Å². The summed E-state index contributed by atoms with van der Waals surface area (Å²) in [5.74, 6) is -3.48. The van der Waals surface area contributed by atoms with Crippen molar-refractivity contribution < 1.29 is 38.3 Å². The third-order valence-electron chi connectivity index (χ3n) is 10.7. The van der Waals surface area contributed by atoms with Gasteiger partial charge in [0.05, 0.1) is 31.7 Å². The third-order valence-corrected chi connectivity index (χ3v) is 15.7. The van der Waals surface area contributed by atoms with Crippen LogP contribution in [0.3, 0.4) is 0 Å². The summed E-state index contributed by atoms with van der Waals surface area (Å²) in [4.78, 5) is 41.2. The van der Waals surface area contributed by atoms with Crippen LogP contribution in [0.5, 0.6) is 5.75 Å². The Morgan fingerprint density at radius 2 is 1.48 bits per heavy atom. The molecule has 3 aliphatic rings. The SMILES string of the molecule is COC(=O)N1C(=O)[C@H]2[C@H](CC(CO[Si](c3ccccc3)(c3ccccc3)C(C)(C)C)=C3B(O)O[C@H](c4ccc(O)c5ccccc45)C[C@H]32)C1=O. The van der Waals surface area contributed by atoms with Gasteiger partial charge < -0.3 is 23.9 Å². The molecule has 0 unspecified atom stereocenters. The normalized spacial score (nSPS) is 22.5. The molecule has 2 aliphatic heterocycles. The molecular formula is C39H40BNO8Si. The van der Waals surface area contributed by atoms with Crippen LogP contribution in [0.2, 0.25) is 5.04 Å². The van der Waals surface area contributed by atoms with Gasteiger partial charge in [0.1, 0.15) is 5.75 Å². The minimum Gasteiger partial charge on any atom is -0.507 e. The third kappa shape index (κ3) is 5.40. The number of methoxy groups -OCH3 is 1. The Morgan fingerprint density at radius 3 is 2.08 bits per heavy atom. The Kier molecular flexibility index (Phi) is 8.80. The zero-order valence-electron chi connectivity index (χ0n) is 28.5. The van der Waals surface area contributed by atoms with Crippen LogP contribution in [0.4, 0.5) is 4.79 Å². The van der Waals surface area contributed by atoms with Gasteiger partial charge in [-0.1, -0.05) is 112 Å². The van der Waals surface area contributed by atoms with Crippen molar-refractivity contribution in [1.82, 2.24) is 4.90 Å². The van der Waals surface area contributed by atoms with Crippen molar-refractivity contribution in [2.75, 3.05) is 13.7 Å². The molecule has 4 aromatic carbocycles. The van der Waals surface area contributed by atoms with Crippen LogP contribution in [0.25, 0.3) is 10.8 Å². The molecule has 4 aromatic rings. The number of allylic oxidation sites excluding steroid dienone is 1. The summed E-state index contributed by atoms with van der Waals surface area (Å²) in [6.45, 7) is 6.62. The van der Waals surface area contributed by atoms with Gasteiger partial charge >= 0.3 is 13.2 Å². The van der Waals surface area contributed by atoms with E-state index in [0.29, 0.717) is 21.3 Å². The molecule has 11 heteroatoms. The Morgan fingerprint density at radius 1 is 0.880 bits per heavy atom. The van der Waals surface area contributed by atoms with Crippen molar-refractivity contribution in [3.8, 4) is 5.75 Å². The van der Waals surface area contributed by atoms with E-state index in [-0.39, 0.29) is 30.2 Å². The number of benzene rings is 4. The molecule has 3 amide bonds. The Hall–Kier alpha value is -4.55. The number of rotatable bonds is 6. The topological polar surface area (TPSA) is 123 Å². The molecule has 2 saturated heterocycles. The lowest BCUT2D eigenvalue weighted by molar-refractivity contribution is -0.137. The summed E-state index contributed by atoms with van der Waals surface area (Å²) in [5, 5.41) is 25.7. The number of likely N-dealkylation sites (tertiary alicyclic amines) is 1. The summed E-state index contributed by atoms with van der Waals surface area (Å²) in [7, 11) is -3.29. The highest BCUT2D eigenvalue weighted by Gasteiger charge is 2.60. The molecule has 0 saturated carbocycles. The fourth-order valence-corrected chi connectivity index (χ4v) is 13.1. The number of hydrogen-bond acceptors (Lipinski definition) is 8. The van der Waals surface area contributed by atoms with Gasteiger partial charge in [-0.05, 0) is 62.2 Å². The van der Waals surface area contributed by atoms with Gasteiger partial charge in [0.2, 0.25) is 11.8 Å². The van der Waals surface area contributed by atoms with Crippen LogP contribution in [0.1, 0.15) is 45.3 Å². The van der Waals surface area contributed by atoms with Crippen LogP contribution >= 0.6 is 0 Å². The fraction of sp³-hybridized carbons (Fsp3) is 0.308. The lowest BCUT2D eigenvalue weighted by atomic mass is 9.55. The van der Waals surface area contributed by atoms with Crippen molar-refractivity contribution in [2.45, 2.75) is 44.8 Å². The van der Waals surface area contributed by atoms with Crippen LogP contribution in [-0.4, -0.2) is 62.1 Å². The van der Waals surface area contributed by atoms with Gasteiger partial charge in [-0.15, -0.1) is 0 Å². The minimum atomic E-state index is -3.03. The van der Waals surface area contributed by atoms with E-state index in [4.69, 9.17) is 13.8 Å². The second-order valence-electron chi connectivity index (χ2n) is 14.4. The number of fused-ring (bicyclic) bond motifs is 4. The smallest absolute Gasteiger partial charge is 0.487 e. The fourth-order valence-electron chi connectivity index (χ4n) is 8.56. The summed E-state index contributed by atoms with van der Waals surface area (Å²) in [5.41, 5.74) is 1.96. The lowest BCUT2D eigenvalue weighted by Gasteiger charge is -2.45. The summed E-state index contributed by atoms with van der Waals surface area (Å²) >= 11 is 0. The summed E-state index contributed by atoms with van der Waals surface area (Å²) in [6.07, 6.45) is -1.30. The number of carbonyl (C=O) groups excluding carboxylic acids is 3. The standard InChI is InChI=1S/C39H40BNO8Si/c1-39(2,3)50(25-13-7-5-8-14-25,26-15-9-6-10-16-26)48-23-24-21-31-34(37(44)41(36(31)43)38(45)47-4)30-22-33(49-40(46)35(24)30)29-19-20-32(42)28-18-12-11-17-27(28)29/h5-20,30-31,33-34,42,46H,21-23H2,1-4H3/t30-,31-,33-,34+/m0/s1. The first-order chi connectivity index (χ1) is 24.0. The van der Waals surface area contributed by atoms with E-state index in [9.17, 15) is 24.5 Å². The van der Waals surface area contributed by atoms with E-state index >= 15 is 0 Å². The maximum Gasteiger partial charge on any atom is 0.487 e. The zero-order chi connectivity index (χ0) is 35.4. The molecule has 4 atom stereocenters. The number of ether oxygens (including phenoxy) is 1. The van der Waals surface area contributed by atoms with Gasteiger partial charge in [0.25, 0.3) is 8.32 Å². The molecule has 0 aromatic heterocycles. The first kappa shape index (κ1) is 33.9. The Bertz CT molecular complexity index is 1960.